The third kappa shape index (κ3) is 3.43. The smallest absolute Gasteiger partial charge is 0.248 e. The number of amides is 1. The van der Waals surface area contributed by atoms with Crippen molar-refractivity contribution in [2.24, 2.45) is 5.92 Å². The molecule has 0 bridgehead atoms. The third-order valence-corrected chi connectivity index (χ3v) is 4.37. The predicted octanol–water partition coefficient (Wildman–Crippen LogP) is 3.15. The van der Waals surface area contributed by atoms with Gasteiger partial charge >= 0.3 is 0 Å². The molecule has 2 saturated carbocycles. The Morgan fingerprint density at radius 1 is 1.11 bits per heavy atom. The maximum atomic E-state index is 13.1. The summed E-state index contributed by atoms with van der Waals surface area (Å²) in [5.41, 5.74) is -0.755. The summed E-state index contributed by atoms with van der Waals surface area (Å²) in [6.07, 6.45) is 4.34. The molecule has 2 aliphatic carbocycles. The van der Waals surface area contributed by atoms with Crippen LogP contribution in [0.5, 0.6) is 0 Å². The van der Waals surface area contributed by atoms with E-state index in [1.165, 1.54) is 0 Å². The van der Waals surface area contributed by atoms with Crippen molar-refractivity contribution < 1.29 is 13.6 Å². The summed E-state index contributed by atoms with van der Waals surface area (Å²) in [4.78, 5) is 12.1. The molecule has 0 spiro atoms. The molecule has 2 aliphatic rings. The van der Waals surface area contributed by atoms with Gasteiger partial charge < -0.3 is 5.32 Å². The second-order valence-corrected chi connectivity index (χ2v) is 5.87. The van der Waals surface area contributed by atoms with Crippen LogP contribution in [0.2, 0.25) is 0 Å². The van der Waals surface area contributed by atoms with E-state index in [9.17, 15) is 18.8 Å². The minimum atomic E-state index is -2.62. The maximum Gasteiger partial charge on any atom is 0.248 e. The van der Waals surface area contributed by atoms with Crippen LogP contribution in [-0.2, 0) is 4.79 Å². The van der Waals surface area contributed by atoms with Gasteiger partial charge in [0.2, 0.25) is 11.8 Å². The number of alkyl halides is 2. The van der Waals surface area contributed by atoms with Gasteiger partial charge in [-0.05, 0) is 25.7 Å². The number of carbonyl (C=O) groups excluding carboxylic acids is 1. The van der Waals surface area contributed by atoms with Gasteiger partial charge in [-0.2, -0.15) is 5.26 Å². The van der Waals surface area contributed by atoms with Crippen LogP contribution < -0.4 is 5.32 Å². The van der Waals surface area contributed by atoms with E-state index in [4.69, 9.17) is 0 Å². The first kappa shape index (κ1) is 14.2. The van der Waals surface area contributed by atoms with Crippen molar-refractivity contribution in [3.05, 3.63) is 0 Å². The molecule has 106 valence electrons. The van der Waals surface area contributed by atoms with Crippen molar-refractivity contribution in [2.45, 2.75) is 69.2 Å². The van der Waals surface area contributed by atoms with E-state index in [2.05, 4.69) is 11.4 Å². The van der Waals surface area contributed by atoms with Crippen LogP contribution in [0.1, 0.15) is 57.8 Å². The maximum absolute atomic E-state index is 13.1. The molecular formula is C14H20F2N2O. The Kier molecular flexibility index (Phi) is 4.07. The van der Waals surface area contributed by atoms with Crippen LogP contribution in [0, 0.1) is 17.2 Å². The van der Waals surface area contributed by atoms with E-state index in [0.717, 1.165) is 19.3 Å². The second-order valence-electron chi connectivity index (χ2n) is 5.87. The highest BCUT2D eigenvalue weighted by Gasteiger charge is 2.40. The average Bonchev–Trinajstić information content (AvgIpc) is 2.39. The van der Waals surface area contributed by atoms with Crippen molar-refractivity contribution in [3.8, 4) is 6.07 Å². The zero-order valence-corrected chi connectivity index (χ0v) is 11.1. The number of nitriles is 1. The molecule has 0 aromatic heterocycles. The molecule has 19 heavy (non-hydrogen) atoms. The van der Waals surface area contributed by atoms with Gasteiger partial charge in [-0.25, -0.2) is 8.78 Å². The largest absolute Gasteiger partial charge is 0.338 e. The van der Waals surface area contributed by atoms with E-state index in [1.807, 2.05) is 0 Å². The average molecular weight is 270 g/mol. The van der Waals surface area contributed by atoms with Gasteiger partial charge in [-0.3, -0.25) is 4.79 Å². The predicted molar refractivity (Wildman–Crippen MR) is 66.5 cm³/mol. The van der Waals surface area contributed by atoms with E-state index < -0.39 is 11.5 Å². The molecule has 1 amide bonds. The van der Waals surface area contributed by atoms with Gasteiger partial charge in [0.1, 0.15) is 5.54 Å². The van der Waals surface area contributed by atoms with Crippen molar-refractivity contribution in [3.63, 3.8) is 0 Å². The van der Waals surface area contributed by atoms with Gasteiger partial charge in [-0.15, -0.1) is 0 Å². The van der Waals surface area contributed by atoms with Gasteiger partial charge in [-0.1, -0.05) is 19.3 Å². The molecule has 0 heterocycles. The SMILES string of the molecule is N#CC1(NC(=O)C2CCC(F)(F)CC2)CCCCC1. The summed E-state index contributed by atoms with van der Waals surface area (Å²) < 4.78 is 26.1. The van der Waals surface area contributed by atoms with Crippen LogP contribution in [0.25, 0.3) is 0 Å². The van der Waals surface area contributed by atoms with E-state index >= 15 is 0 Å². The number of hydrogen-bond donors (Lipinski definition) is 1. The topological polar surface area (TPSA) is 52.9 Å². The molecule has 0 atom stereocenters. The van der Waals surface area contributed by atoms with Gasteiger partial charge in [0, 0.05) is 18.8 Å². The second kappa shape index (κ2) is 5.44. The normalized spacial score (nSPS) is 26.4. The molecule has 0 unspecified atom stereocenters. The molecule has 0 radical (unpaired) electrons. The van der Waals surface area contributed by atoms with Gasteiger partial charge in [0.15, 0.2) is 0 Å². The lowest BCUT2D eigenvalue weighted by Gasteiger charge is -2.34. The summed E-state index contributed by atoms with van der Waals surface area (Å²) in [7, 11) is 0. The van der Waals surface area contributed by atoms with Gasteiger partial charge in [0.05, 0.1) is 6.07 Å². The van der Waals surface area contributed by atoms with Crippen molar-refractivity contribution in [2.75, 3.05) is 0 Å². The standard InChI is InChI=1S/C14H20F2N2O/c15-14(16)8-4-11(5-9-14)12(19)18-13(10-17)6-2-1-3-7-13/h11H,1-9H2,(H,18,19). The first-order chi connectivity index (χ1) is 8.96. The highest BCUT2D eigenvalue weighted by atomic mass is 19.3. The van der Waals surface area contributed by atoms with Crippen molar-refractivity contribution in [1.82, 2.24) is 5.32 Å². The summed E-state index contributed by atoms with van der Waals surface area (Å²) in [6.45, 7) is 0. The molecule has 1 N–H and O–H groups in total. The quantitative estimate of drug-likeness (QED) is 0.838. The number of hydrogen-bond acceptors (Lipinski definition) is 2. The molecule has 2 rings (SSSR count). The Labute approximate surface area is 112 Å². The number of rotatable bonds is 2. The fourth-order valence-corrected chi connectivity index (χ4v) is 3.06. The molecule has 5 heteroatoms. The van der Waals surface area contributed by atoms with E-state index in [-0.39, 0.29) is 37.5 Å². The Morgan fingerprint density at radius 3 is 2.21 bits per heavy atom. The van der Waals surface area contributed by atoms with E-state index in [1.54, 1.807) is 0 Å². The molecule has 0 aliphatic heterocycles. The van der Waals surface area contributed by atoms with Crippen LogP contribution in [0.3, 0.4) is 0 Å². The first-order valence-electron chi connectivity index (χ1n) is 7.08. The van der Waals surface area contributed by atoms with E-state index in [0.29, 0.717) is 12.8 Å². The zero-order chi connectivity index (χ0) is 13.9. The number of nitrogens with one attached hydrogen (secondary N) is 1. The van der Waals surface area contributed by atoms with Crippen LogP contribution in [-0.4, -0.2) is 17.4 Å². The molecule has 3 nitrogen and oxygen atoms in total. The van der Waals surface area contributed by atoms with Gasteiger partial charge in [0.25, 0.3) is 0 Å². The summed E-state index contributed by atoms with van der Waals surface area (Å²) in [5.74, 6) is -3.18. The number of halogens is 2. The monoisotopic (exact) mass is 270 g/mol. The van der Waals surface area contributed by atoms with Crippen LogP contribution in [0.15, 0.2) is 0 Å². The molecular weight excluding hydrogens is 250 g/mol. The third-order valence-electron chi connectivity index (χ3n) is 4.37. The summed E-state index contributed by atoms with van der Waals surface area (Å²) in [5, 5.41) is 12.1. The lowest BCUT2D eigenvalue weighted by Crippen LogP contribution is -2.51. The zero-order valence-electron chi connectivity index (χ0n) is 11.1. The first-order valence-corrected chi connectivity index (χ1v) is 7.08. The number of nitrogens with zero attached hydrogens (tertiary/aromatic N) is 1. The van der Waals surface area contributed by atoms with Crippen LogP contribution >= 0.6 is 0 Å². The lowest BCUT2D eigenvalue weighted by molar-refractivity contribution is -0.130. The summed E-state index contributed by atoms with van der Waals surface area (Å²) >= 11 is 0. The highest BCUT2D eigenvalue weighted by molar-refractivity contribution is 5.80. The lowest BCUT2D eigenvalue weighted by atomic mass is 9.81. The molecule has 0 saturated heterocycles. The Balaban J connectivity index is 1.92. The fraction of sp³-hybridized carbons (Fsp3) is 0.857. The fourth-order valence-electron chi connectivity index (χ4n) is 3.06. The van der Waals surface area contributed by atoms with Crippen molar-refractivity contribution in [1.29, 1.82) is 5.26 Å². The highest BCUT2D eigenvalue weighted by Crippen LogP contribution is 2.37. The Hall–Kier alpha value is -1.18. The molecule has 0 aromatic carbocycles. The Morgan fingerprint density at radius 2 is 1.68 bits per heavy atom. The molecule has 2 fully saturated rings. The van der Waals surface area contributed by atoms with Crippen LogP contribution in [0.4, 0.5) is 8.78 Å². The van der Waals surface area contributed by atoms with Crippen molar-refractivity contribution >= 4 is 5.91 Å². The number of carbonyl (C=O) groups is 1. The Bertz CT molecular complexity index is 373. The molecule has 0 aromatic rings. The minimum Gasteiger partial charge on any atom is -0.338 e. The minimum absolute atomic E-state index is 0.209. The summed E-state index contributed by atoms with van der Waals surface area (Å²) in [6, 6.07) is 2.22.